The van der Waals surface area contributed by atoms with E-state index < -0.39 is 0 Å². The summed E-state index contributed by atoms with van der Waals surface area (Å²) in [7, 11) is 0. The summed E-state index contributed by atoms with van der Waals surface area (Å²) >= 11 is 7.48. The number of rotatable bonds is 3. The first kappa shape index (κ1) is 13.0. The lowest BCUT2D eigenvalue weighted by Crippen LogP contribution is -1.96. The Balaban J connectivity index is 1.84. The molecule has 0 aliphatic rings. The van der Waals surface area contributed by atoms with E-state index >= 15 is 0 Å². The van der Waals surface area contributed by atoms with E-state index in [-0.39, 0.29) is 0 Å². The first-order valence-corrected chi connectivity index (χ1v) is 7.19. The van der Waals surface area contributed by atoms with Crippen LogP contribution in [0.15, 0.2) is 42.6 Å². The molecule has 0 saturated heterocycles. The average Bonchev–Trinajstić information content (AvgIpc) is 2.87. The molecule has 4 nitrogen and oxygen atoms in total. The van der Waals surface area contributed by atoms with Crippen molar-refractivity contribution in [3.8, 4) is 10.4 Å². The summed E-state index contributed by atoms with van der Waals surface area (Å²) in [4.78, 5) is 13.8. The van der Waals surface area contributed by atoms with Crippen LogP contribution in [0.4, 0.5) is 10.9 Å². The molecule has 0 atom stereocenters. The molecule has 0 bridgehead atoms. The monoisotopic (exact) mass is 302 g/mol. The van der Waals surface area contributed by atoms with E-state index in [2.05, 4.69) is 32.4 Å². The van der Waals surface area contributed by atoms with Crippen LogP contribution in [0, 0.1) is 6.92 Å². The summed E-state index contributed by atoms with van der Waals surface area (Å²) in [5.74, 6) is 1.27. The second-order valence-electron chi connectivity index (χ2n) is 4.14. The molecular formula is C14H11ClN4S. The van der Waals surface area contributed by atoms with Gasteiger partial charge in [0.15, 0.2) is 5.13 Å². The summed E-state index contributed by atoms with van der Waals surface area (Å²) in [5.41, 5.74) is 1.15. The molecular weight excluding hydrogens is 292 g/mol. The lowest BCUT2D eigenvalue weighted by Gasteiger charge is -2.02. The van der Waals surface area contributed by atoms with Crippen LogP contribution in [0.3, 0.4) is 0 Å². The van der Waals surface area contributed by atoms with Crippen molar-refractivity contribution >= 4 is 33.9 Å². The number of aromatic nitrogens is 3. The molecule has 6 heteroatoms. The van der Waals surface area contributed by atoms with Gasteiger partial charge in [-0.05, 0) is 12.5 Å². The predicted octanol–water partition coefficient (Wildman–Crippen LogP) is 4.31. The highest BCUT2D eigenvalue weighted by atomic mass is 35.5. The highest BCUT2D eigenvalue weighted by Crippen LogP contribution is 2.30. The summed E-state index contributed by atoms with van der Waals surface area (Å²) in [6.07, 6.45) is 1.85. The van der Waals surface area contributed by atoms with Crippen molar-refractivity contribution in [3.05, 3.63) is 53.6 Å². The van der Waals surface area contributed by atoms with Gasteiger partial charge in [-0.25, -0.2) is 15.0 Å². The SMILES string of the molecule is Cc1nc(Cl)cc(Nc2ncc(-c3ccccc3)s2)n1. The quantitative estimate of drug-likeness (QED) is 0.733. The van der Waals surface area contributed by atoms with Crippen molar-refractivity contribution in [1.29, 1.82) is 0 Å². The van der Waals surface area contributed by atoms with E-state index in [4.69, 9.17) is 11.6 Å². The van der Waals surface area contributed by atoms with Gasteiger partial charge < -0.3 is 5.32 Å². The van der Waals surface area contributed by atoms with Crippen LogP contribution in [-0.4, -0.2) is 15.0 Å². The first-order chi connectivity index (χ1) is 9.70. The van der Waals surface area contributed by atoms with Gasteiger partial charge in [0, 0.05) is 12.3 Å². The third-order valence-corrected chi connectivity index (χ3v) is 3.76. The van der Waals surface area contributed by atoms with Gasteiger partial charge in [0.1, 0.15) is 16.8 Å². The van der Waals surface area contributed by atoms with Gasteiger partial charge in [0.25, 0.3) is 0 Å². The fourth-order valence-electron chi connectivity index (χ4n) is 1.77. The minimum absolute atomic E-state index is 0.417. The first-order valence-electron chi connectivity index (χ1n) is 6.00. The Morgan fingerprint density at radius 3 is 2.70 bits per heavy atom. The Bertz CT molecular complexity index is 707. The fourth-order valence-corrected chi connectivity index (χ4v) is 2.83. The van der Waals surface area contributed by atoms with Gasteiger partial charge in [0.2, 0.25) is 0 Å². The van der Waals surface area contributed by atoms with Crippen molar-refractivity contribution in [2.24, 2.45) is 0 Å². The Labute approximate surface area is 125 Å². The maximum atomic E-state index is 5.91. The van der Waals surface area contributed by atoms with E-state index in [1.165, 1.54) is 0 Å². The standard InChI is InChI=1S/C14H11ClN4S/c1-9-17-12(15)7-13(18-9)19-14-16-8-11(20-14)10-5-3-2-4-6-10/h2-8H,1H3,(H,16,17,18,19). The van der Waals surface area contributed by atoms with Crippen LogP contribution in [0.2, 0.25) is 5.15 Å². The zero-order chi connectivity index (χ0) is 13.9. The van der Waals surface area contributed by atoms with E-state index in [0.717, 1.165) is 15.6 Å². The molecule has 2 aromatic heterocycles. The highest BCUT2D eigenvalue weighted by Gasteiger charge is 2.06. The fraction of sp³-hybridized carbons (Fsp3) is 0.0714. The van der Waals surface area contributed by atoms with E-state index in [1.807, 2.05) is 24.4 Å². The van der Waals surface area contributed by atoms with Crippen LogP contribution in [0.1, 0.15) is 5.82 Å². The lowest BCUT2D eigenvalue weighted by molar-refractivity contribution is 1.06. The number of thiazole rings is 1. The number of aryl methyl sites for hydroxylation is 1. The number of benzene rings is 1. The summed E-state index contributed by atoms with van der Waals surface area (Å²) < 4.78 is 0. The molecule has 0 aliphatic heterocycles. The van der Waals surface area contributed by atoms with Gasteiger partial charge in [-0.2, -0.15) is 0 Å². The molecule has 20 heavy (non-hydrogen) atoms. The zero-order valence-electron chi connectivity index (χ0n) is 10.7. The smallest absolute Gasteiger partial charge is 0.188 e. The maximum Gasteiger partial charge on any atom is 0.188 e. The van der Waals surface area contributed by atoms with Crippen molar-refractivity contribution in [2.75, 3.05) is 5.32 Å². The molecule has 1 N–H and O–H groups in total. The highest BCUT2D eigenvalue weighted by molar-refractivity contribution is 7.18. The minimum Gasteiger partial charge on any atom is -0.316 e. The van der Waals surface area contributed by atoms with Gasteiger partial charge in [-0.1, -0.05) is 53.3 Å². The molecule has 0 spiro atoms. The summed E-state index contributed by atoms with van der Waals surface area (Å²) in [5, 5.41) is 4.34. The summed E-state index contributed by atoms with van der Waals surface area (Å²) in [6.45, 7) is 1.80. The van der Waals surface area contributed by atoms with Gasteiger partial charge in [-0.15, -0.1) is 0 Å². The minimum atomic E-state index is 0.417. The molecule has 3 aromatic rings. The molecule has 0 saturated carbocycles. The number of anilines is 2. The van der Waals surface area contributed by atoms with Gasteiger partial charge in [-0.3, -0.25) is 0 Å². The maximum absolute atomic E-state index is 5.91. The van der Waals surface area contributed by atoms with Crippen molar-refractivity contribution < 1.29 is 0 Å². The van der Waals surface area contributed by atoms with Crippen molar-refractivity contribution in [2.45, 2.75) is 6.92 Å². The Hall–Kier alpha value is -1.98. The summed E-state index contributed by atoms with van der Waals surface area (Å²) in [6, 6.07) is 11.8. The van der Waals surface area contributed by atoms with Crippen LogP contribution in [0.25, 0.3) is 10.4 Å². The topological polar surface area (TPSA) is 50.7 Å². The molecule has 0 fully saturated rings. The van der Waals surface area contributed by atoms with Crippen LogP contribution in [-0.2, 0) is 0 Å². The Kier molecular flexibility index (Phi) is 3.62. The Morgan fingerprint density at radius 1 is 1.15 bits per heavy atom. The molecule has 0 radical (unpaired) electrons. The third kappa shape index (κ3) is 2.95. The van der Waals surface area contributed by atoms with Crippen LogP contribution in [0.5, 0.6) is 0 Å². The van der Waals surface area contributed by atoms with Gasteiger partial charge in [0.05, 0.1) is 4.88 Å². The van der Waals surface area contributed by atoms with Gasteiger partial charge >= 0.3 is 0 Å². The molecule has 3 rings (SSSR count). The number of halogens is 1. The number of nitrogens with zero attached hydrogens (tertiary/aromatic N) is 3. The number of hydrogen-bond acceptors (Lipinski definition) is 5. The van der Waals surface area contributed by atoms with E-state index in [1.54, 1.807) is 24.3 Å². The van der Waals surface area contributed by atoms with Crippen molar-refractivity contribution in [1.82, 2.24) is 15.0 Å². The van der Waals surface area contributed by atoms with Crippen molar-refractivity contribution in [3.63, 3.8) is 0 Å². The third-order valence-electron chi connectivity index (χ3n) is 2.61. The second kappa shape index (κ2) is 5.56. The molecule has 0 aliphatic carbocycles. The average molecular weight is 303 g/mol. The van der Waals surface area contributed by atoms with Crippen LogP contribution >= 0.6 is 22.9 Å². The second-order valence-corrected chi connectivity index (χ2v) is 5.56. The molecule has 2 heterocycles. The molecule has 0 amide bonds. The normalized spacial score (nSPS) is 10.5. The molecule has 100 valence electrons. The number of nitrogens with one attached hydrogen (secondary N) is 1. The number of hydrogen-bond donors (Lipinski definition) is 1. The Morgan fingerprint density at radius 2 is 1.95 bits per heavy atom. The molecule has 1 aromatic carbocycles. The molecule has 0 unspecified atom stereocenters. The predicted molar refractivity (Wildman–Crippen MR) is 82.6 cm³/mol. The van der Waals surface area contributed by atoms with E-state index in [0.29, 0.717) is 16.8 Å². The lowest BCUT2D eigenvalue weighted by atomic mass is 10.2. The van der Waals surface area contributed by atoms with Crippen LogP contribution < -0.4 is 5.32 Å². The zero-order valence-corrected chi connectivity index (χ0v) is 12.2. The van der Waals surface area contributed by atoms with E-state index in [9.17, 15) is 0 Å². The largest absolute Gasteiger partial charge is 0.316 e.